The van der Waals surface area contributed by atoms with Crippen molar-refractivity contribution in [3.05, 3.63) is 62.9 Å². The molecule has 3 rings (SSSR count). The normalized spacial score (nSPS) is 10.7. The van der Waals surface area contributed by atoms with Gasteiger partial charge in [-0.1, -0.05) is 28.1 Å². The number of halogens is 2. The Hall–Kier alpha value is -2.46. The van der Waals surface area contributed by atoms with E-state index in [0.717, 1.165) is 10.0 Å². The zero-order valence-electron chi connectivity index (χ0n) is 14.0. The van der Waals surface area contributed by atoms with Gasteiger partial charge in [-0.2, -0.15) is 10.2 Å². The molecule has 0 aliphatic carbocycles. The maximum absolute atomic E-state index is 12.1. The largest absolute Gasteiger partial charge is 0.478 e. The number of carbonyl (C=O) groups excluding carboxylic acids is 1. The fourth-order valence-electron chi connectivity index (χ4n) is 2.35. The second-order valence-corrected chi connectivity index (χ2v) is 7.52. The summed E-state index contributed by atoms with van der Waals surface area (Å²) < 4.78 is 4.84. The number of hydrogen-bond donors (Lipinski definition) is 2. The van der Waals surface area contributed by atoms with Gasteiger partial charge >= 0.3 is 5.97 Å². The molecule has 2 heterocycles. The van der Waals surface area contributed by atoms with Gasteiger partial charge in [0.2, 0.25) is 5.91 Å². The van der Waals surface area contributed by atoms with Crippen molar-refractivity contribution >= 4 is 49.6 Å². The van der Waals surface area contributed by atoms with Crippen molar-refractivity contribution in [3.8, 4) is 0 Å². The van der Waals surface area contributed by atoms with E-state index in [9.17, 15) is 9.59 Å². The molecule has 0 saturated heterocycles. The Morgan fingerprint density at radius 3 is 2.52 bits per heavy atom. The van der Waals surface area contributed by atoms with Crippen LogP contribution in [0.5, 0.6) is 0 Å². The third-order valence-corrected chi connectivity index (χ3v) is 4.79. The molecule has 2 N–H and O–H groups in total. The molecular weight excluding hydrogens is 482 g/mol. The summed E-state index contributed by atoms with van der Waals surface area (Å²) in [5, 5.41) is 19.9. The van der Waals surface area contributed by atoms with Crippen molar-refractivity contribution in [2.24, 2.45) is 0 Å². The number of anilines is 1. The number of benzene rings is 1. The van der Waals surface area contributed by atoms with Gasteiger partial charge in [-0.15, -0.1) is 0 Å². The highest BCUT2D eigenvalue weighted by molar-refractivity contribution is 9.10. The van der Waals surface area contributed by atoms with E-state index in [2.05, 4.69) is 47.4 Å². The highest BCUT2D eigenvalue weighted by Crippen LogP contribution is 2.21. The monoisotopic (exact) mass is 495 g/mol. The van der Waals surface area contributed by atoms with Crippen LogP contribution in [0.2, 0.25) is 0 Å². The smallest absolute Gasteiger partial charge is 0.338 e. The van der Waals surface area contributed by atoms with Gasteiger partial charge < -0.3 is 10.4 Å². The van der Waals surface area contributed by atoms with E-state index in [-0.39, 0.29) is 24.4 Å². The molecule has 3 aromatic rings. The van der Waals surface area contributed by atoms with Crippen LogP contribution in [0.25, 0.3) is 0 Å². The van der Waals surface area contributed by atoms with Crippen molar-refractivity contribution < 1.29 is 14.7 Å². The third kappa shape index (κ3) is 5.27. The number of nitrogens with zero attached hydrogens (tertiary/aromatic N) is 4. The SMILES string of the molecule is O=C(CCn1cc(C(=O)O)cn1)Nc1nn(Cc2ccc(Br)cc2)cc1Br. The molecule has 8 nitrogen and oxygen atoms in total. The summed E-state index contributed by atoms with van der Waals surface area (Å²) >= 11 is 6.80. The molecule has 0 spiro atoms. The lowest BCUT2D eigenvalue weighted by Gasteiger charge is -2.04. The number of carboxylic acid groups (broad SMARTS) is 1. The van der Waals surface area contributed by atoms with Crippen LogP contribution in [0.15, 0.2) is 51.8 Å². The molecule has 1 amide bonds. The molecule has 140 valence electrons. The molecule has 0 bridgehead atoms. The standard InChI is InChI=1S/C17H15Br2N5O3/c18-13-3-1-11(2-4-13)8-24-10-14(19)16(22-24)21-15(25)5-6-23-9-12(7-20-23)17(26)27/h1-4,7,9-10H,5-6,8H2,(H,26,27)(H,21,22,25). The Kier molecular flexibility index (Phi) is 6.07. The Balaban J connectivity index is 1.56. The minimum atomic E-state index is -1.05. The van der Waals surface area contributed by atoms with Crippen LogP contribution in [-0.2, 0) is 17.9 Å². The summed E-state index contributed by atoms with van der Waals surface area (Å²) in [5.74, 6) is -0.855. The van der Waals surface area contributed by atoms with Gasteiger partial charge in [0.1, 0.15) is 0 Å². The minimum absolute atomic E-state index is 0.0878. The highest BCUT2D eigenvalue weighted by Gasteiger charge is 2.12. The molecule has 27 heavy (non-hydrogen) atoms. The van der Waals surface area contributed by atoms with Gasteiger partial charge in [-0.3, -0.25) is 14.2 Å². The summed E-state index contributed by atoms with van der Waals surface area (Å²) in [6.45, 7) is 0.851. The van der Waals surface area contributed by atoms with Crippen LogP contribution >= 0.6 is 31.9 Å². The van der Waals surface area contributed by atoms with Crippen molar-refractivity contribution in [1.82, 2.24) is 19.6 Å². The lowest BCUT2D eigenvalue weighted by molar-refractivity contribution is -0.116. The summed E-state index contributed by atoms with van der Waals surface area (Å²) in [4.78, 5) is 23.0. The Morgan fingerprint density at radius 2 is 1.85 bits per heavy atom. The lowest BCUT2D eigenvalue weighted by Crippen LogP contribution is -2.15. The molecule has 0 atom stereocenters. The molecule has 1 aromatic carbocycles. The van der Waals surface area contributed by atoms with E-state index in [1.165, 1.54) is 17.1 Å². The van der Waals surface area contributed by atoms with Gasteiger partial charge in [0.05, 0.1) is 22.8 Å². The Bertz CT molecular complexity index is 965. The van der Waals surface area contributed by atoms with Crippen LogP contribution < -0.4 is 5.32 Å². The van der Waals surface area contributed by atoms with Crippen LogP contribution in [0.3, 0.4) is 0 Å². The average molecular weight is 497 g/mol. The first-order valence-corrected chi connectivity index (χ1v) is 9.52. The summed E-state index contributed by atoms with van der Waals surface area (Å²) in [7, 11) is 0. The molecule has 2 aromatic heterocycles. The van der Waals surface area contributed by atoms with Crippen molar-refractivity contribution in [3.63, 3.8) is 0 Å². The second-order valence-electron chi connectivity index (χ2n) is 5.75. The number of carboxylic acids is 1. The molecule has 0 unspecified atom stereocenters. The van der Waals surface area contributed by atoms with Gasteiger partial charge in [0.15, 0.2) is 5.82 Å². The van der Waals surface area contributed by atoms with Gasteiger partial charge in [-0.25, -0.2) is 4.79 Å². The topological polar surface area (TPSA) is 102 Å². The van der Waals surface area contributed by atoms with Gasteiger partial charge in [0, 0.05) is 29.8 Å². The maximum atomic E-state index is 12.1. The number of nitrogens with one attached hydrogen (secondary N) is 1. The summed E-state index contributed by atoms with van der Waals surface area (Å²) in [6, 6.07) is 7.91. The van der Waals surface area contributed by atoms with Crippen molar-refractivity contribution in [2.45, 2.75) is 19.5 Å². The van der Waals surface area contributed by atoms with Crippen LogP contribution in [0.1, 0.15) is 22.3 Å². The number of aryl methyl sites for hydroxylation is 1. The number of rotatable bonds is 7. The van der Waals surface area contributed by atoms with E-state index < -0.39 is 5.97 Å². The van der Waals surface area contributed by atoms with Gasteiger partial charge in [0.25, 0.3) is 0 Å². The number of amides is 1. The molecular formula is C17H15Br2N5O3. The molecule has 0 saturated carbocycles. The summed E-state index contributed by atoms with van der Waals surface area (Å²) in [6.07, 6.45) is 4.58. The highest BCUT2D eigenvalue weighted by atomic mass is 79.9. The fourth-order valence-corrected chi connectivity index (χ4v) is 3.03. The first-order chi connectivity index (χ1) is 12.9. The van der Waals surface area contributed by atoms with E-state index in [1.807, 2.05) is 24.3 Å². The molecule has 0 aliphatic heterocycles. The van der Waals surface area contributed by atoms with Crippen LogP contribution in [-0.4, -0.2) is 36.5 Å². The van der Waals surface area contributed by atoms with Crippen molar-refractivity contribution in [1.29, 1.82) is 0 Å². The van der Waals surface area contributed by atoms with Crippen LogP contribution in [0.4, 0.5) is 5.82 Å². The zero-order valence-corrected chi connectivity index (χ0v) is 17.1. The predicted molar refractivity (Wildman–Crippen MR) is 106 cm³/mol. The quantitative estimate of drug-likeness (QED) is 0.522. The summed E-state index contributed by atoms with van der Waals surface area (Å²) in [5.41, 5.74) is 1.17. The van der Waals surface area contributed by atoms with Gasteiger partial charge in [-0.05, 0) is 33.6 Å². The van der Waals surface area contributed by atoms with E-state index in [1.54, 1.807) is 10.9 Å². The maximum Gasteiger partial charge on any atom is 0.338 e. The molecule has 0 fully saturated rings. The second kappa shape index (κ2) is 8.49. The number of carbonyl (C=O) groups is 2. The first-order valence-electron chi connectivity index (χ1n) is 7.93. The molecule has 10 heteroatoms. The molecule has 0 aliphatic rings. The number of hydrogen-bond acceptors (Lipinski definition) is 4. The van der Waals surface area contributed by atoms with Crippen molar-refractivity contribution in [2.75, 3.05) is 5.32 Å². The van der Waals surface area contributed by atoms with E-state index in [4.69, 9.17) is 5.11 Å². The third-order valence-electron chi connectivity index (χ3n) is 3.68. The number of aromatic carboxylic acids is 1. The number of aromatic nitrogens is 4. The first kappa shape index (κ1) is 19.3. The predicted octanol–water partition coefficient (Wildman–Crippen LogP) is 3.38. The van der Waals surface area contributed by atoms with E-state index in [0.29, 0.717) is 16.8 Å². The fraction of sp³-hybridized carbons (Fsp3) is 0.176. The van der Waals surface area contributed by atoms with Crippen LogP contribution in [0, 0.1) is 0 Å². The zero-order chi connectivity index (χ0) is 19.4. The Labute approximate surface area is 171 Å². The van der Waals surface area contributed by atoms with E-state index >= 15 is 0 Å². The average Bonchev–Trinajstić information content (AvgIpc) is 3.22. The minimum Gasteiger partial charge on any atom is -0.478 e. The Morgan fingerprint density at radius 1 is 1.11 bits per heavy atom. The molecule has 0 radical (unpaired) electrons. The lowest BCUT2D eigenvalue weighted by atomic mass is 10.2.